The molecule has 88 valence electrons. The van der Waals surface area contributed by atoms with Crippen LogP contribution in [-0.4, -0.2) is 16.5 Å². The first kappa shape index (κ1) is 12.1. The molecule has 0 saturated heterocycles. The first-order valence-corrected chi connectivity index (χ1v) is 6.44. The summed E-state index contributed by atoms with van der Waals surface area (Å²) < 4.78 is 1.21. The molecule has 4 nitrogen and oxygen atoms in total. The predicted molar refractivity (Wildman–Crippen MR) is 78.6 cm³/mol. The van der Waals surface area contributed by atoms with Crippen molar-refractivity contribution in [1.82, 2.24) is 9.97 Å². The van der Waals surface area contributed by atoms with Crippen molar-refractivity contribution in [2.45, 2.75) is 6.92 Å². The fourth-order valence-corrected chi connectivity index (χ4v) is 1.73. The lowest BCUT2D eigenvalue weighted by atomic mass is 10.3. The molecule has 0 saturated carbocycles. The summed E-state index contributed by atoms with van der Waals surface area (Å²) in [5.41, 5.74) is 1.01. The Morgan fingerprint density at radius 2 is 1.82 bits per heavy atom. The van der Waals surface area contributed by atoms with Gasteiger partial charge >= 0.3 is 0 Å². The van der Waals surface area contributed by atoms with E-state index in [0.29, 0.717) is 0 Å². The molecule has 0 unspecified atom stereocenters. The Morgan fingerprint density at radius 1 is 1.12 bits per heavy atom. The molecule has 0 amide bonds. The van der Waals surface area contributed by atoms with Crippen molar-refractivity contribution in [3.63, 3.8) is 0 Å². The SMILES string of the molecule is CCNc1cncc(Nc2ccc(I)cc2)n1. The Kier molecular flexibility index (Phi) is 4.13. The highest BCUT2D eigenvalue weighted by molar-refractivity contribution is 14.1. The van der Waals surface area contributed by atoms with Crippen LogP contribution in [0.4, 0.5) is 17.3 Å². The number of rotatable bonds is 4. The maximum Gasteiger partial charge on any atom is 0.151 e. The van der Waals surface area contributed by atoms with Crippen LogP contribution in [0.5, 0.6) is 0 Å². The molecular formula is C12H13IN4. The number of hydrogen-bond acceptors (Lipinski definition) is 4. The summed E-state index contributed by atoms with van der Waals surface area (Å²) in [6.45, 7) is 2.86. The largest absolute Gasteiger partial charge is 0.369 e. The number of benzene rings is 1. The fourth-order valence-electron chi connectivity index (χ4n) is 1.37. The van der Waals surface area contributed by atoms with Gasteiger partial charge in [0.15, 0.2) is 5.82 Å². The zero-order chi connectivity index (χ0) is 12.1. The topological polar surface area (TPSA) is 49.8 Å². The molecule has 2 N–H and O–H groups in total. The average molecular weight is 340 g/mol. The van der Waals surface area contributed by atoms with Crippen LogP contribution in [0.2, 0.25) is 0 Å². The molecule has 0 spiro atoms. The fraction of sp³-hybridized carbons (Fsp3) is 0.167. The standard InChI is InChI=1S/C12H13IN4/c1-2-15-11-7-14-8-12(17-11)16-10-5-3-9(13)4-6-10/h3-8H,2H2,1H3,(H2,15,16,17). The van der Waals surface area contributed by atoms with E-state index in [1.54, 1.807) is 12.4 Å². The van der Waals surface area contributed by atoms with Crippen LogP contribution in [0.1, 0.15) is 6.92 Å². The molecule has 0 fully saturated rings. The minimum absolute atomic E-state index is 0.740. The molecule has 1 heterocycles. The number of nitrogens with one attached hydrogen (secondary N) is 2. The molecule has 0 aliphatic heterocycles. The lowest BCUT2D eigenvalue weighted by Gasteiger charge is -2.07. The maximum atomic E-state index is 4.39. The van der Waals surface area contributed by atoms with Crippen LogP contribution >= 0.6 is 22.6 Å². The monoisotopic (exact) mass is 340 g/mol. The highest BCUT2D eigenvalue weighted by Crippen LogP contribution is 2.16. The van der Waals surface area contributed by atoms with Gasteiger partial charge < -0.3 is 10.6 Å². The van der Waals surface area contributed by atoms with Crippen LogP contribution in [0.25, 0.3) is 0 Å². The summed E-state index contributed by atoms with van der Waals surface area (Å²) in [4.78, 5) is 8.52. The van der Waals surface area contributed by atoms with Crippen molar-refractivity contribution in [3.05, 3.63) is 40.2 Å². The maximum absolute atomic E-state index is 4.39. The molecule has 1 aromatic carbocycles. The van der Waals surface area contributed by atoms with Gasteiger partial charge in [0.25, 0.3) is 0 Å². The van der Waals surface area contributed by atoms with Gasteiger partial charge in [0.1, 0.15) is 5.82 Å². The second-order valence-electron chi connectivity index (χ2n) is 3.45. The number of aromatic nitrogens is 2. The third-order valence-electron chi connectivity index (χ3n) is 2.11. The van der Waals surface area contributed by atoms with Gasteiger partial charge in [-0.3, -0.25) is 4.98 Å². The second-order valence-corrected chi connectivity index (χ2v) is 4.70. The first-order chi connectivity index (χ1) is 8.28. The van der Waals surface area contributed by atoms with Crippen LogP contribution in [0.3, 0.4) is 0 Å². The summed E-state index contributed by atoms with van der Waals surface area (Å²) in [5, 5.41) is 6.34. The van der Waals surface area contributed by atoms with Crippen molar-refractivity contribution < 1.29 is 0 Å². The molecule has 0 aliphatic rings. The van der Waals surface area contributed by atoms with Crippen LogP contribution in [0.15, 0.2) is 36.7 Å². The number of anilines is 3. The summed E-state index contributed by atoms with van der Waals surface area (Å²) in [6, 6.07) is 8.13. The predicted octanol–water partition coefficient (Wildman–Crippen LogP) is 3.26. The van der Waals surface area contributed by atoms with E-state index in [9.17, 15) is 0 Å². The van der Waals surface area contributed by atoms with Crippen LogP contribution in [-0.2, 0) is 0 Å². The van der Waals surface area contributed by atoms with Crippen LogP contribution < -0.4 is 10.6 Å². The van der Waals surface area contributed by atoms with E-state index >= 15 is 0 Å². The molecule has 1 aromatic heterocycles. The van der Waals surface area contributed by atoms with Crippen molar-refractivity contribution >= 4 is 39.9 Å². The summed E-state index contributed by atoms with van der Waals surface area (Å²) in [7, 11) is 0. The average Bonchev–Trinajstić information content (AvgIpc) is 2.33. The first-order valence-electron chi connectivity index (χ1n) is 5.36. The van der Waals surface area contributed by atoms with Crippen molar-refractivity contribution in [2.24, 2.45) is 0 Å². The lowest BCUT2D eigenvalue weighted by molar-refractivity contribution is 1.12. The van der Waals surface area contributed by atoms with Gasteiger partial charge in [-0.25, -0.2) is 4.98 Å². The number of hydrogen-bond donors (Lipinski definition) is 2. The molecule has 17 heavy (non-hydrogen) atoms. The molecule has 5 heteroatoms. The Hall–Kier alpha value is -1.37. The zero-order valence-corrected chi connectivity index (χ0v) is 11.6. The Balaban J connectivity index is 2.12. The number of halogens is 1. The molecule has 0 radical (unpaired) electrons. The third kappa shape index (κ3) is 3.55. The van der Waals surface area contributed by atoms with E-state index in [-0.39, 0.29) is 0 Å². The van der Waals surface area contributed by atoms with Gasteiger partial charge in [-0.05, 0) is 53.8 Å². The van der Waals surface area contributed by atoms with E-state index in [2.05, 4.69) is 43.2 Å². The summed E-state index contributed by atoms with van der Waals surface area (Å²) >= 11 is 2.28. The van der Waals surface area contributed by atoms with E-state index in [0.717, 1.165) is 23.9 Å². The smallest absolute Gasteiger partial charge is 0.151 e. The minimum Gasteiger partial charge on any atom is -0.369 e. The minimum atomic E-state index is 0.740. The van der Waals surface area contributed by atoms with Crippen molar-refractivity contribution in [2.75, 3.05) is 17.2 Å². The molecule has 0 aliphatic carbocycles. The van der Waals surface area contributed by atoms with Gasteiger partial charge in [-0.1, -0.05) is 0 Å². The summed E-state index contributed by atoms with van der Waals surface area (Å²) in [5.74, 6) is 1.52. The van der Waals surface area contributed by atoms with Gasteiger partial charge in [0, 0.05) is 15.8 Å². The van der Waals surface area contributed by atoms with E-state index < -0.39 is 0 Å². The molecule has 0 atom stereocenters. The zero-order valence-electron chi connectivity index (χ0n) is 9.44. The molecule has 2 rings (SSSR count). The van der Waals surface area contributed by atoms with Crippen LogP contribution in [0, 0.1) is 3.57 Å². The normalized spacial score (nSPS) is 10.0. The Bertz CT molecular complexity index is 484. The lowest BCUT2D eigenvalue weighted by Crippen LogP contribution is -2.02. The second kappa shape index (κ2) is 5.81. The Labute approximate surface area is 114 Å². The van der Waals surface area contributed by atoms with Crippen molar-refractivity contribution in [1.29, 1.82) is 0 Å². The third-order valence-corrected chi connectivity index (χ3v) is 2.83. The quantitative estimate of drug-likeness (QED) is 0.839. The van der Waals surface area contributed by atoms with Gasteiger partial charge in [0.2, 0.25) is 0 Å². The molecule has 2 aromatic rings. The van der Waals surface area contributed by atoms with E-state index in [4.69, 9.17) is 0 Å². The van der Waals surface area contributed by atoms with Gasteiger partial charge in [-0.15, -0.1) is 0 Å². The van der Waals surface area contributed by atoms with E-state index in [1.165, 1.54) is 3.57 Å². The highest BCUT2D eigenvalue weighted by Gasteiger charge is 1.98. The van der Waals surface area contributed by atoms with E-state index in [1.807, 2.05) is 31.2 Å². The summed E-state index contributed by atoms with van der Waals surface area (Å²) in [6.07, 6.45) is 3.42. The molecular weight excluding hydrogens is 327 g/mol. The molecule has 0 bridgehead atoms. The Morgan fingerprint density at radius 3 is 2.53 bits per heavy atom. The van der Waals surface area contributed by atoms with Gasteiger partial charge in [-0.2, -0.15) is 0 Å². The number of nitrogens with zero attached hydrogens (tertiary/aromatic N) is 2. The van der Waals surface area contributed by atoms with Crippen molar-refractivity contribution in [3.8, 4) is 0 Å². The highest BCUT2D eigenvalue weighted by atomic mass is 127. The van der Waals surface area contributed by atoms with Gasteiger partial charge in [0.05, 0.1) is 12.4 Å².